The van der Waals surface area contributed by atoms with Gasteiger partial charge >= 0.3 is 0 Å². The molecule has 0 unspecified atom stereocenters. The van der Waals surface area contributed by atoms with Gasteiger partial charge in [-0.1, -0.05) is 109 Å². The van der Waals surface area contributed by atoms with Crippen LogP contribution in [0.15, 0.2) is 123 Å². The maximum absolute atomic E-state index is 14.4. The van der Waals surface area contributed by atoms with Gasteiger partial charge in [0.15, 0.2) is 0 Å². The van der Waals surface area contributed by atoms with Crippen molar-refractivity contribution >= 4 is 31.8 Å². The molecule has 9 heteroatoms. The van der Waals surface area contributed by atoms with E-state index >= 15 is 0 Å². The highest BCUT2D eigenvalue weighted by atomic mass is 32.2. The third-order valence-corrected chi connectivity index (χ3v) is 11.7. The van der Waals surface area contributed by atoms with Crippen molar-refractivity contribution < 1.29 is 21.3 Å². The molecule has 1 aliphatic heterocycles. The molecule has 5 aromatic rings. The summed E-state index contributed by atoms with van der Waals surface area (Å²) in [5, 5.41) is 0. The summed E-state index contributed by atoms with van der Waals surface area (Å²) < 4.78 is 67.1. The minimum Gasteiger partial charge on any atom is -0.422 e. The van der Waals surface area contributed by atoms with Crippen LogP contribution in [-0.2, 0) is 20.0 Å². The van der Waals surface area contributed by atoms with Crippen LogP contribution < -0.4 is 8.61 Å². The van der Waals surface area contributed by atoms with E-state index in [4.69, 9.17) is 4.42 Å². The van der Waals surface area contributed by atoms with Gasteiger partial charge in [0.25, 0.3) is 20.0 Å². The highest BCUT2D eigenvalue weighted by Gasteiger charge is 2.38. The van der Waals surface area contributed by atoms with E-state index in [0.717, 1.165) is 35.1 Å². The van der Waals surface area contributed by atoms with Gasteiger partial charge in [-0.3, -0.25) is 0 Å². The van der Waals surface area contributed by atoms with Gasteiger partial charge in [0.2, 0.25) is 11.8 Å². The van der Waals surface area contributed by atoms with Crippen molar-refractivity contribution in [3.05, 3.63) is 120 Å². The highest BCUT2D eigenvalue weighted by Crippen LogP contribution is 2.51. The monoisotopic (exact) mass is 640 g/mol. The molecular weight excluding hydrogens is 605 g/mol. The molecule has 0 fully saturated rings. The summed E-state index contributed by atoms with van der Waals surface area (Å²) in [5.41, 5.74) is 4.37. The standard InChI is InChI=1S/C36H36N2O5S2/c1-27-17-21-31(22-18-27)44(39,40)37-25-11-3-4-12-26-38(45(41,42)32-23-19-28(2)20-24-32)36-34(30-15-9-6-10-16-30)33(35(37)43-36)29-13-7-5-8-14-29/h5-10,13-24H,3-4,11-12,25-26H2,1-2H3. The number of furan rings is 1. The average molecular weight is 641 g/mol. The Balaban J connectivity index is 1.69. The van der Waals surface area contributed by atoms with Crippen LogP contribution >= 0.6 is 0 Å². The molecule has 2 bridgehead atoms. The molecule has 0 atom stereocenters. The molecule has 0 N–H and O–H groups in total. The molecule has 0 spiro atoms. The van der Waals surface area contributed by atoms with Crippen molar-refractivity contribution in [3.63, 3.8) is 0 Å². The summed E-state index contributed by atoms with van der Waals surface area (Å²) in [6.45, 7) is 4.18. The SMILES string of the molecule is Cc1ccc(S(=O)(=O)N2CCCCCCN(S(=O)(=O)c3ccc(C)cc3)c3oc2c(-c2ccccc2)c3-c2ccccc2)cc1. The Morgan fingerprint density at radius 2 is 0.844 bits per heavy atom. The first kappa shape index (κ1) is 30.7. The van der Waals surface area contributed by atoms with E-state index < -0.39 is 20.0 Å². The molecule has 0 radical (unpaired) electrons. The number of rotatable bonds is 6. The molecule has 232 valence electrons. The van der Waals surface area contributed by atoms with E-state index in [1.165, 1.54) is 8.61 Å². The second-order valence-corrected chi connectivity index (χ2v) is 15.1. The van der Waals surface area contributed by atoms with Gasteiger partial charge in [0, 0.05) is 13.1 Å². The van der Waals surface area contributed by atoms with Crippen LogP contribution in [0.1, 0.15) is 36.8 Å². The summed E-state index contributed by atoms with van der Waals surface area (Å²) in [6.07, 6.45) is 2.63. The zero-order valence-corrected chi connectivity index (χ0v) is 27.0. The molecular formula is C36H36N2O5S2. The smallest absolute Gasteiger partial charge is 0.266 e. The van der Waals surface area contributed by atoms with Gasteiger partial charge < -0.3 is 4.42 Å². The summed E-state index contributed by atoms with van der Waals surface area (Å²) in [6, 6.07) is 32.4. The highest BCUT2D eigenvalue weighted by molar-refractivity contribution is 7.93. The predicted molar refractivity (Wildman–Crippen MR) is 179 cm³/mol. The van der Waals surface area contributed by atoms with Gasteiger partial charge in [-0.2, -0.15) is 0 Å². The van der Waals surface area contributed by atoms with Crippen LogP contribution in [0.25, 0.3) is 22.3 Å². The number of nitrogens with zero attached hydrogens (tertiary/aromatic N) is 2. The van der Waals surface area contributed by atoms with E-state index in [9.17, 15) is 16.8 Å². The molecule has 0 saturated heterocycles. The van der Waals surface area contributed by atoms with E-state index in [-0.39, 0.29) is 34.6 Å². The number of aryl methyl sites for hydroxylation is 2. The Bertz CT molecular complexity index is 1840. The topological polar surface area (TPSA) is 87.9 Å². The molecule has 0 amide bonds. The molecule has 2 heterocycles. The van der Waals surface area contributed by atoms with Gasteiger partial charge in [-0.25, -0.2) is 25.4 Å². The van der Waals surface area contributed by atoms with Gasteiger partial charge in [0.05, 0.1) is 20.9 Å². The molecule has 0 aliphatic carbocycles. The minimum absolute atomic E-state index is 0.0987. The fraction of sp³-hybridized carbons (Fsp3) is 0.222. The molecule has 4 aromatic carbocycles. The number of benzene rings is 4. The minimum atomic E-state index is -4.09. The van der Waals surface area contributed by atoms with Crippen molar-refractivity contribution in [1.82, 2.24) is 0 Å². The van der Waals surface area contributed by atoms with Crippen LogP contribution in [0, 0.1) is 13.8 Å². The van der Waals surface area contributed by atoms with Crippen molar-refractivity contribution in [3.8, 4) is 22.3 Å². The van der Waals surface area contributed by atoms with Crippen molar-refractivity contribution in [2.75, 3.05) is 21.7 Å². The molecule has 45 heavy (non-hydrogen) atoms. The Labute approximate surface area is 265 Å². The van der Waals surface area contributed by atoms with Gasteiger partial charge in [-0.15, -0.1) is 0 Å². The lowest BCUT2D eigenvalue weighted by Crippen LogP contribution is -2.32. The molecule has 0 saturated carbocycles. The Kier molecular flexibility index (Phi) is 8.57. The Morgan fingerprint density at radius 1 is 0.489 bits per heavy atom. The van der Waals surface area contributed by atoms with E-state index in [1.54, 1.807) is 48.5 Å². The molecule has 1 aromatic heterocycles. The lowest BCUT2D eigenvalue weighted by Gasteiger charge is -2.23. The third-order valence-electron chi connectivity index (χ3n) is 8.14. The molecule has 6 rings (SSSR count). The number of fused-ring (bicyclic) bond motifs is 2. The fourth-order valence-corrected chi connectivity index (χ4v) is 8.61. The second kappa shape index (κ2) is 12.6. The lowest BCUT2D eigenvalue weighted by molar-refractivity contribution is 0.544. The van der Waals surface area contributed by atoms with E-state index in [2.05, 4.69) is 0 Å². The second-order valence-electron chi connectivity index (χ2n) is 11.4. The van der Waals surface area contributed by atoms with Crippen molar-refractivity contribution in [2.45, 2.75) is 49.3 Å². The van der Waals surface area contributed by atoms with Gasteiger partial charge in [0.1, 0.15) is 0 Å². The Hall–Kier alpha value is -4.34. The number of hydrogen-bond acceptors (Lipinski definition) is 5. The third kappa shape index (κ3) is 6.02. The summed E-state index contributed by atoms with van der Waals surface area (Å²) in [7, 11) is -8.19. The molecule has 1 aliphatic rings. The van der Waals surface area contributed by atoms with E-state index in [0.29, 0.717) is 24.0 Å². The summed E-state index contributed by atoms with van der Waals surface area (Å²) in [4.78, 5) is 0.288. The Morgan fingerprint density at radius 3 is 1.20 bits per heavy atom. The quantitative estimate of drug-likeness (QED) is 0.187. The zero-order chi connectivity index (χ0) is 31.6. The first-order chi connectivity index (χ1) is 21.7. The lowest BCUT2D eigenvalue weighted by atomic mass is 9.97. The van der Waals surface area contributed by atoms with Crippen LogP contribution in [0.4, 0.5) is 11.8 Å². The van der Waals surface area contributed by atoms with Crippen LogP contribution in [0.5, 0.6) is 0 Å². The summed E-state index contributed by atoms with van der Waals surface area (Å²) in [5.74, 6) is 0.197. The molecule has 7 nitrogen and oxygen atoms in total. The zero-order valence-electron chi connectivity index (χ0n) is 25.4. The maximum atomic E-state index is 14.4. The predicted octanol–water partition coefficient (Wildman–Crippen LogP) is 8.20. The summed E-state index contributed by atoms with van der Waals surface area (Å²) >= 11 is 0. The number of hydrogen-bond donors (Lipinski definition) is 0. The average Bonchev–Trinajstić information content (AvgIpc) is 3.40. The van der Waals surface area contributed by atoms with Gasteiger partial charge in [-0.05, 0) is 62.1 Å². The maximum Gasteiger partial charge on any atom is 0.266 e. The van der Waals surface area contributed by atoms with Crippen LogP contribution in [-0.4, -0.2) is 29.9 Å². The first-order valence-corrected chi connectivity index (χ1v) is 18.0. The van der Waals surface area contributed by atoms with Crippen molar-refractivity contribution in [2.24, 2.45) is 0 Å². The first-order valence-electron chi connectivity index (χ1n) is 15.1. The van der Waals surface area contributed by atoms with Crippen LogP contribution in [0.3, 0.4) is 0 Å². The number of anilines is 2. The normalized spacial score (nSPS) is 14.6. The number of sulfonamides is 2. The van der Waals surface area contributed by atoms with Crippen LogP contribution in [0.2, 0.25) is 0 Å². The van der Waals surface area contributed by atoms with E-state index in [1.807, 2.05) is 74.5 Å². The fourth-order valence-electron chi connectivity index (χ4n) is 5.71. The largest absolute Gasteiger partial charge is 0.422 e. The van der Waals surface area contributed by atoms with Crippen molar-refractivity contribution in [1.29, 1.82) is 0 Å².